The summed E-state index contributed by atoms with van der Waals surface area (Å²) in [5, 5.41) is 10.1. The van der Waals surface area contributed by atoms with Crippen LogP contribution in [0.1, 0.15) is 68.3 Å². The molecule has 1 amide bonds. The zero-order chi connectivity index (χ0) is 19.7. The number of aliphatic hydroxyl groups is 1. The van der Waals surface area contributed by atoms with Crippen LogP contribution in [0.5, 0.6) is 0 Å². The molecule has 3 fully saturated rings. The highest BCUT2D eigenvalue weighted by Gasteiger charge is 2.33. The fraction of sp³-hybridized carbons (Fsp3) is 0.696. The third kappa shape index (κ3) is 4.76. The van der Waals surface area contributed by atoms with Crippen molar-refractivity contribution >= 4 is 5.91 Å². The maximum atomic E-state index is 12.9. The number of likely N-dealkylation sites (tertiary alicyclic amines) is 2. The van der Waals surface area contributed by atoms with E-state index < -0.39 is 5.60 Å². The quantitative estimate of drug-likeness (QED) is 0.845. The summed E-state index contributed by atoms with van der Waals surface area (Å²) in [6.07, 6.45) is 7.95. The van der Waals surface area contributed by atoms with Gasteiger partial charge < -0.3 is 14.7 Å². The van der Waals surface area contributed by atoms with Gasteiger partial charge in [0, 0.05) is 31.2 Å². The lowest BCUT2D eigenvalue weighted by atomic mass is 9.96. The van der Waals surface area contributed by atoms with Crippen LogP contribution in [0.15, 0.2) is 24.3 Å². The summed E-state index contributed by atoms with van der Waals surface area (Å²) in [6.45, 7) is 7.39. The van der Waals surface area contributed by atoms with Crippen LogP contribution in [0.3, 0.4) is 0 Å². The standard InChI is InChI=1S/C23H34N2O3/c1-23(2,27)18-7-5-17(6-8-18)22(26)24-14-11-19(12-15-24)25-13-3-4-21(16-25)28-20-9-10-20/h5-8,19-21,27H,3-4,9-16H2,1-2H3. The first kappa shape index (κ1) is 19.9. The minimum atomic E-state index is -0.880. The number of ether oxygens (including phenoxy) is 1. The number of hydrogen-bond donors (Lipinski definition) is 1. The van der Waals surface area contributed by atoms with Crippen LogP contribution >= 0.6 is 0 Å². The van der Waals surface area contributed by atoms with Gasteiger partial charge in [-0.2, -0.15) is 0 Å². The molecule has 4 rings (SSSR count). The average molecular weight is 387 g/mol. The van der Waals surface area contributed by atoms with Crippen molar-refractivity contribution in [1.29, 1.82) is 0 Å². The van der Waals surface area contributed by atoms with Gasteiger partial charge in [-0.05, 0) is 76.6 Å². The number of carbonyl (C=O) groups is 1. The predicted octanol–water partition coefficient (Wildman–Crippen LogP) is 3.16. The maximum absolute atomic E-state index is 12.9. The Kier molecular flexibility index (Phi) is 5.77. The molecular weight excluding hydrogens is 352 g/mol. The van der Waals surface area contributed by atoms with Crippen LogP contribution in [0, 0.1) is 0 Å². The highest BCUT2D eigenvalue weighted by molar-refractivity contribution is 5.94. The van der Waals surface area contributed by atoms with Crippen LogP contribution in [-0.4, -0.2) is 65.2 Å². The van der Waals surface area contributed by atoms with Gasteiger partial charge in [-0.25, -0.2) is 0 Å². The Bertz CT molecular complexity index is 670. The molecule has 2 aliphatic heterocycles. The van der Waals surface area contributed by atoms with E-state index in [0.717, 1.165) is 38.0 Å². The molecule has 0 aromatic heterocycles. The third-order valence-corrected chi connectivity index (χ3v) is 6.43. The summed E-state index contributed by atoms with van der Waals surface area (Å²) < 4.78 is 6.15. The number of nitrogens with zero attached hydrogens (tertiary/aromatic N) is 2. The normalized spacial score (nSPS) is 25.1. The number of hydrogen-bond acceptors (Lipinski definition) is 4. The Hall–Kier alpha value is -1.43. The molecule has 154 valence electrons. The van der Waals surface area contributed by atoms with Gasteiger partial charge in [-0.1, -0.05) is 12.1 Å². The fourth-order valence-corrected chi connectivity index (χ4v) is 4.52. The zero-order valence-electron chi connectivity index (χ0n) is 17.3. The Balaban J connectivity index is 1.29. The molecule has 28 heavy (non-hydrogen) atoms. The van der Waals surface area contributed by atoms with Gasteiger partial charge in [0.05, 0.1) is 17.8 Å². The number of rotatable bonds is 5. The van der Waals surface area contributed by atoms with Gasteiger partial charge in [0.25, 0.3) is 5.91 Å². The van der Waals surface area contributed by atoms with Crippen molar-refractivity contribution in [2.45, 2.75) is 76.2 Å². The smallest absolute Gasteiger partial charge is 0.253 e. The highest BCUT2D eigenvalue weighted by atomic mass is 16.5. The van der Waals surface area contributed by atoms with E-state index in [9.17, 15) is 9.90 Å². The van der Waals surface area contributed by atoms with Gasteiger partial charge in [0.15, 0.2) is 0 Å². The molecule has 0 radical (unpaired) electrons. The molecule has 3 aliphatic rings. The molecule has 2 heterocycles. The van der Waals surface area contributed by atoms with Gasteiger partial charge >= 0.3 is 0 Å². The summed E-state index contributed by atoms with van der Waals surface area (Å²) in [4.78, 5) is 17.4. The second-order valence-electron chi connectivity index (χ2n) is 9.25. The molecule has 0 spiro atoms. The molecule has 1 N–H and O–H groups in total. The summed E-state index contributed by atoms with van der Waals surface area (Å²) in [5.74, 6) is 0.106. The number of benzene rings is 1. The number of carbonyl (C=O) groups excluding carboxylic acids is 1. The second kappa shape index (κ2) is 8.13. The minimum Gasteiger partial charge on any atom is -0.386 e. The molecule has 2 saturated heterocycles. The van der Waals surface area contributed by atoms with E-state index in [1.54, 1.807) is 13.8 Å². The van der Waals surface area contributed by atoms with Crippen molar-refractivity contribution in [3.05, 3.63) is 35.4 Å². The van der Waals surface area contributed by atoms with Gasteiger partial charge in [0.2, 0.25) is 0 Å². The van der Waals surface area contributed by atoms with E-state index in [2.05, 4.69) is 4.90 Å². The summed E-state index contributed by atoms with van der Waals surface area (Å²) in [7, 11) is 0. The molecular formula is C23H34N2O3. The first-order chi connectivity index (χ1) is 13.4. The van der Waals surface area contributed by atoms with Crippen LogP contribution in [-0.2, 0) is 10.3 Å². The lowest BCUT2D eigenvalue weighted by Gasteiger charge is -2.42. The molecule has 5 heteroatoms. The SMILES string of the molecule is CC(C)(O)c1ccc(C(=O)N2CCC(N3CCCC(OC4CC4)C3)CC2)cc1. The molecule has 1 saturated carbocycles. The first-order valence-corrected chi connectivity index (χ1v) is 10.9. The van der Waals surface area contributed by atoms with Gasteiger partial charge in [0.1, 0.15) is 0 Å². The van der Waals surface area contributed by atoms with Crippen LogP contribution in [0.2, 0.25) is 0 Å². The lowest BCUT2D eigenvalue weighted by molar-refractivity contribution is -0.0286. The monoisotopic (exact) mass is 386 g/mol. The third-order valence-electron chi connectivity index (χ3n) is 6.43. The van der Waals surface area contributed by atoms with E-state index in [1.807, 2.05) is 29.2 Å². The van der Waals surface area contributed by atoms with E-state index in [-0.39, 0.29) is 5.91 Å². The molecule has 1 aromatic carbocycles. The van der Waals surface area contributed by atoms with E-state index in [1.165, 1.54) is 32.2 Å². The summed E-state index contributed by atoms with van der Waals surface area (Å²) >= 11 is 0. The molecule has 1 atom stereocenters. The van der Waals surface area contributed by atoms with E-state index in [4.69, 9.17) is 4.74 Å². The largest absolute Gasteiger partial charge is 0.386 e. The van der Waals surface area contributed by atoms with Crippen molar-refractivity contribution in [3.63, 3.8) is 0 Å². The number of amides is 1. The molecule has 5 nitrogen and oxygen atoms in total. The Morgan fingerprint density at radius 2 is 1.68 bits per heavy atom. The fourth-order valence-electron chi connectivity index (χ4n) is 4.52. The van der Waals surface area contributed by atoms with Crippen molar-refractivity contribution in [2.24, 2.45) is 0 Å². The lowest BCUT2D eigenvalue weighted by Crippen LogP contribution is -2.51. The molecule has 1 aromatic rings. The van der Waals surface area contributed by atoms with Gasteiger partial charge in [-0.15, -0.1) is 0 Å². The van der Waals surface area contributed by atoms with Crippen molar-refractivity contribution < 1.29 is 14.6 Å². The molecule has 1 aliphatic carbocycles. The van der Waals surface area contributed by atoms with Crippen molar-refractivity contribution in [3.8, 4) is 0 Å². The molecule has 0 bridgehead atoms. The Morgan fingerprint density at radius 3 is 2.29 bits per heavy atom. The summed E-state index contributed by atoms with van der Waals surface area (Å²) in [6, 6.07) is 7.96. The maximum Gasteiger partial charge on any atom is 0.253 e. The predicted molar refractivity (Wildman–Crippen MR) is 109 cm³/mol. The summed E-state index contributed by atoms with van der Waals surface area (Å²) in [5.41, 5.74) is 0.660. The first-order valence-electron chi connectivity index (χ1n) is 10.9. The van der Waals surface area contributed by atoms with E-state index in [0.29, 0.717) is 23.8 Å². The zero-order valence-corrected chi connectivity index (χ0v) is 17.3. The van der Waals surface area contributed by atoms with Crippen LogP contribution < -0.4 is 0 Å². The average Bonchev–Trinajstić information content (AvgIpc) is 3.51. The number of piperidine rings is 2. The van der Waals surface area contributed by atoms with Crippen molar-refractivity contribution in [2.75, 3.05) is 26.2 Å². The minimum absolute atomic E-state index is 0.106. The Labute approximate surface area is 168 Å². The Morgan fingerprint density at radius 1 is 1.00 bits per heavy atom. The topological polar surface area (TPSA) is 53.0 Å². The van der Waals surface area contributed by atoms with E-state index >= 15 is 0 Å². The van der Waals surface area contributed by atoms with Crippen molar-refractivity contribution in [1.82, 2.24) is 9.80 Å². The van der Waals surface area contributed by atoms with Crippen LogP contribution in [0.25, 0.3) is 0 Å². The van der Waals surface area contributed by atoms with Gasteiger partial charge in [-0.3, -0.25) is 9.69 Å². The second-order valence-corrected chi connectivity index (χ2v) is 9.25. The molecule has 1 unspecified atom stereocenters. The highest BCUT2D eigenvalue weighted by Crippen LogP contribution is 2.29. The van der Waals surface area contributed by atoms with Crippen LogP contribution in [0.4, 0.5) is 0 Å².